The van der Waals surface area contributed by atoms with Crippen LogP contribution in [0.25, 0.3) is 0 Å². The Morgan fingerprint density at radius 1 is 0.833 bits per heavy atom. The first-order valence-electron chi connectivity index (χ1n) is 8.47. The summed E-state index contributed by atoms with van der Waals surface area (Å²) in [5.41, 5.74) is 0.594. The topological polar surface area (TPSA) is 0 Å². The van der Waals surface area contributed by atoms with Gasteiger partial charge in [0.25, 0.3) is 0 Å². The van der Waals surface area contributed by atoms with Crippen molar-refractivity contribution < 1.29 is 0 Å². The van der Waals surface area contributed by atoms with Gasteiger partial charge in [-0.1, -0.05) is 59.8 Å². The highest BCUT2D eigenvalue weighted by Gasteiger charge is 2.35. The molecule has 2 rings (SSSR count). The van der Waals surface area contributed by atoms with Crippen molar-refractivity contribution in [1.82, 2.24) is 0 Å². The summed E-state index contributed by atoms with van der Waals surface area (Å²) in [7, 11) is 0. The van der Waals surface area contributed by atoms with Gasteiger partial charge in [0, 0.05) is 0 Å². The van der Waals surface area contributed by atoms with Gasteiger partial charge >= 0.3 is 0 Å². The molecule has 0 saturated heterocycles. The number of hydrogen-bond donors (Lipinski definition) is 0. The minimum atomic E-state index is 0.594. The molecule has 2 aliphatic carbocycles. The van der Waals surface area contributed by atoms with E-state index in [9.17, 15) is 0 Å². The van der Waals surface area contributed by atoms with Crippen molar-refractivity contribution in [2.24, 2.45) is 29.1 Å². The molecule has 0 aliphatic heterocycles. The second-order valence-corrected chi connectivity index (χ2v) is 8.30. The number of rotatable bonds is 3. The Hall–Kier alpha value is 0. The molecular weight excluding hydrogens is 216 g/mol. The van der Waals surface area contributed by atoms with Gasteiger partial charge < -0.3 is 0 Å². The van der Waals surface area contributed by atoms with Crippen LogP contribution >= 0.6 is 0 Å². The Kier molecular flexibility index (Phi) is 4.78. The van der Waals surface area contributed by atoms with E-state index >= 15 is 0 Å². The van der Waals surface area contributed by atoms with E-state index in [-0.39, 0.29) is 0 Å². The first-order chi connectivity index (χ1) is 8.47. The van der Waals surface area contributed by atoms with E-state index in [0.717, 1.165) is 23.7 Å². The van der Waals surface area contributed by atoms with Gasteiger partial charge in [0.05, 0.1) is 0 Å². The fourth-order valence-electron chi connectivity index (χ4n) is 4.80. The van der Waals surface area contributed by atoms with Crippen molar-refractivity contribution in [1.29, 1.82) is 0 Å². The zero-order valence-corrected chi connectivity index (χ0v) is 13.2. The molecule has 2 fully saturated rings. The lowest BCUT2D eigenvalue weighted by molar-refractivity contribution is 0.0857. The minimum absolute atomic E-state index is 0.594. The molecule has 0 heteroatoms. The Labute approximate surface area is 115 Å². The Morgan fingerprint density at radius 2 is 1.44 bits per heavy atom. The molecule has 0 amide bonds. The lowest BCUT2D eigenvalue weighted by Crippen LogP contribution is -2.31. The lowest BCUT2D eigenvalue weighted by atomic mass is 9.63. The largest absolute Gasteiger partial charge is 0.0625 e. The summed E-state index contributed by atoms with van der Waals surface area (Å²) in [5, 5.41) is 0. The highest BCUT2D eigenvalue weighted by molar-refractivity contribution is 4.86. The second-order valence-electron chi connectivity index (χ2n) is 8.30. The fraction of sp³-hybridized carbons (Fsp3) is 1.00. The zero-order valence-electron chi connectivity index (χ0n) is 13.2. The summed E-state index contributed by atoms with van der Waals surface area (Å²) in [6, 6.07) is 0. The molecule has 0 aromatic heterocycles. The molecule has 2 aliphatic rings. The maximum Gasteiger partial charge on any atom is -0.0323 e. The van der Waals surface area contributed by atoms with Gasteiger partial charge in [-0.15, -0.1) is 0 Å². The van der Waals surface area contributed by atoms with Crippen LogP contribution in [0, 0.1) is 29.1 Å². The van der Waals surface area contributed by atoms with E-state index < -0.39 is 0 Å². The summed E-state index contributed by atoms with van der Waals surface area (Å²) < 4.78 is 0. The molecule has 0 radical (unpaired) electrons. The molecular formula is C18H34. The van der Waals surface area contributed by atoms with Crippen LogP contribution in [0.4, 0.5) is 0 Å². The number of hydrogen-bond acceptors (Lipinski definition) is 0. The summed E-state index contributed by atoms with van der Waals surface area (Å²) in [6.07, 6.45) is 13.4. The van der Waals surface area contributed by atoms with E-state index in [1.165, 1.54) is 57.8 Å². The monoisotopic (exact) mass is 250 g/mol. The van der Waals surface area contributed by atoms with E-state index in [2.05, 4.69) is 27.7 Å². The molecule has 0 spiro atoms. The first kappa shape index (κ1) is 14.4. The normalized spacial score (nSPS) is 38.7. The van der Waals surface area contributed by atoms with Crippen molar-refractivity contribution in [2.75, 3.05) is 0 Å². The third-order valence-electron chi connectivity index (χ3n) is 5.90. The molecule has 106 valence electrons. The third kappa shape index (κ3) is 3.75. The smallest absolute Gasteiger partial charge is 0.0323 e. The van der Waals surface area contributed by atoms with Crippen molar-refractivity contribution in [3.05, 3.63) is 0 Å². The van der Waals surface area contributed by atoms with Gasteiger partial charge in [-0.05, 0) is 54.8 Å². The van der Waals surface area contributed by atoms with Crippen LogP contribution in [0.1, 0.15) is 85.5 Å². The van der Waals surface area contributed by atoms with Crippen molar-refractivity contribution in [3.63, 3.8) is 0 Å². The van der Waals surface area contributed by atoms with Gasteiger partial charge in [-0.2, -0.15) is 0 Å². The van der Waals surface area contributed by atoms with Crippen LogP contribution < -0.4 is 0 Å². The maximum atomic E-state index is 2.56. The Balaban J connectivity index is 1.89. The van der Waals surface area contributed by atoms with Gasteiger partial charge in [0.15, 0.2) is 0 Å². The van der Waals surface area contributed by atoms with Crippen molar-refractivity contribution in [2.45, 2.75) is 85.5 Å². The molecule has 0 aromatic carbocycles. The predicted molar refractivity (Wildman–Crippen MR) is 80.6 cm³/mol. The summed E-state index contributed by atoms with van der Waals surface area (Å²) in [6.45, 7) is 10.1. The zero-order chi connectivity index (χ0) is 13.2. The third-order valence-corrected chi connectivity index (χ3v) is 5.90. The lowest BCUT2D eigenvalue weighted by Gasteiger charge is -2.42. The molecule has 18 heavy (non-hydrogen) atoms. The summed E-state index contributed by atoms with van der Waals surface area (Å²) in [4.78, 5) is 0. The van der Waals surface area contributed by atoms with Crippen LogP contribution in [-0.4, -0.2) is 0 Å². The van der Waals surface area contributed by atoms with E-state index in [1.807, 2.05) is 0 Å². The van der Waals surface area contributed by atoms with Crippen LogP contribution in [0.15, 0.2) is 0 Å². The molecule has 4 unspecified atom stereocenters. The van der Waals surface area contributed by atoms with Gasteiger partial charge in [0.2, 0.25) is 0 Å². The average Bonchev–Trinajstić information content (AvgIpc) is 2.28. The van der Waals surface area contributed by atoms with Gasteiger partial charge in [0.1, 0.15) is 0 Å². The van der Waals surface area contributed by atoms with E-state index in [4.69, 9.17) is 0 Å². The quantitative estimate of drug-likeness (QED) is 0.571. The highest BCUT2D eigenvalue weighted by atomic mass is 14.4. The summed E-state index contributed by atoms with van der Waals surface area (Å²) in [5.74, 6) is 4.00. The second kappa shape index (κ2) is 5.97. The molecule has 0 heterocycles. The first-order valence-corrected chi connectivity index (χ1v) is 8.47. The Morgan fingerprint density at radius 3 is 2.06 bits per heavy atom. The van der Waals surface area contributed by atoms with Crippen molar-refractivity contribution in [3.8, 4) is 0 Å². The van der Waals surface area contributed by atoms with Crippen LogP contribution in [-0.2, 0) is 0 Å². The Bertz CT molecular complexity index is 253. The maximum absolute atomic E-state index is 2.56. The molecule has 2 saturated carbocycles. The molecule has 4 atom stereocenters. The van der Waals surface area contributed by atoms with Crippen LogP contribution in [0.3, 0.4) is 0 Å². The highest BCUT2D eigenvalue weighted by Crippen LogP contribution is 2.46. The van der Waals surface area contributed by atoms with Gasteiger partial charge in [-0.3, -0.25) is 0 Å². The van der Waals surface area contributed by atoms with Crippen LogP contribution in [0.5, 0.6) is 0 Å². The van der Waals surface area contributed by atoms with E-state index in [0.29, 0.717) is 5.41 Å². The summed E-state index contributed by atoms with van der Waals surface area (Å²) >= 11 is 0. The molecule has 0 aromatic rings. The van der Waals surface area contributed by atoms with Gasteiger partial charge in [-0.25, -0.2) is 0 Å². The minimum Gasteiger partial charge on any atom is -0.0625 e. The van der Waals surface area contributed by atoms with Crippen molar-refractivity contribution >= 4 is 0 Å². The molecule has 0 nitrogen and oxygen atoms in total. The van der Waals surface area contributed by atoms with Crippen LogP contribution in [0.2, 0.25) is 0 Å². The fourth-order valence-corrected chi connectivity index (χ4v) is 4.80. The molecule has 0 bridgehead atoms. The van der Waals surface area contributed by atoms with E-state index in [1.54, 1.807) is 0 Å². The predicted octanol–water partition coefficient (Wildman–Crippen LogP) is 6.06. The molecule has 0 N–H and O–H groups in total. The average molecular weight is 250 g/mol. The standard InChI is InChI=1S/C18H34/c1-14-7-5-9-16(11-14)13-18(3,4)17-10-6-8-15(2)12-17/h14-17H,5-13H2,1-4H3. The SMILES string of the molecule is CC1CCCC(CC(C)(C)C2CCCC(C)C2)C1.